The third-order valence-electron chi connectivity index (χ3n) is 5.49. The molecule has 2 aliphatic rings. The summed E-state index contributed by atoms with van der Waals surface area (Å²) in [4.78, 5) is 38.9. The minimum atomic E-state index is -0.0797. The summed E-state index contributed by atoms with van der Waals surface area (Å²) in [5, 5.41) is 5.00. The van der Waals surface area contributed by atoms with Crippen molar-refractivity contribution < 1.29 is 4.79 Å². The van der Waals surface area contributed by atoms with E-state index >= 15 is 0 Å². The molecule has 10 nitrogen and oxygen atoms in total. The smallest absolute Gasteiger partial charge is 0.324 e. The Morgan fingerprint density at radius 1 is 1.11 bits per heavy atom. The second kappa shape index (κ2) is 6.04. The van der Waals surface area contributed by atoms with E-state index in [1.807, 2.05) is 10.9 Å². The van der Waals surface area contributed by atoms with Crippen LogP contribution in [0, 0.1) is 0 Å². The molecule has 2 amide bonds. The Bertz CT molecular complexity index is 1130. The summed E-state index contributed by atoms with van der Waals surface area (Å²) in [6.07, 6.45) is 6.86. The zero-order chi connectivity index (χ0) is 19.4. The number of urea groups is 1. The highest BCUT2D eigenvalue weighted by molar-refractivity contribution is 5.93. The highest BCUT2D eigenvalue weighted by Crippen LogP contribution is 2.28. The fraction of sp³-hybridized carbons (Fsp3) is 0.389. The Hall–Kier alpha value is -3.43. The van der Waals surface area contributed by atoms with Crippen molar-refractivity contribution in [1.29, 1.82) is 0 Å². The average Bonchev–Trinajstić information content (AvgIpc) is 3.25. The van der Waals surface area contributed by atoms with E-state index in [1.54, 1.807) is 53.1 Å². The lowest BCUT2D eigenvalue weighted by molar-refractivity contribution is 0.229. The lowest BCUT2D eigenvalue weighted by atomic mass is 10.1. The molecular weight excluding hydrogens is 360 g/mol. The zero-order valence-corrected chi connectivity index (χ0v) is 15.7. The summed E-state index contributed by atoms with van der Waals surface area (Å²) < 4.78 is 3.46. The van der Waals surface area contributed by atoms with Crippen LogP contribution in [0.4, 0.5) is 16.4 Å². The van der Waals surface area contributed by atoms with Crippen LogP contribution in [0.1, 0.15) is 6.04 Å². The van der Waals surface area contributed by atoms with Crippen molar-refractivity contribution in [3.63, 3.8) is 0 Å². The molecule has 0 saturated carbocycles. The van der Waals surface area contributed by atoms with Crippen molar-refractivity contribution >= 4 is 28.6 Å². The molecule has 3 aromatic rings. The summed E-state index contributed by atoms with van der Waals surface area (Å²) in [5.41, 5.74) is 1.33. The largest absolute Gasteiger partial charge is 0.338 e. The van der Waals surface area contributed by atoms with Crippen LogP contribution in [0.15, 0.2) is 35.6 Å². The molecule has 2 fully saturated rings. The molecule has 10 heteroatoms. The molecule has 5 rings (SSSR count). The van der Waals surface area contributed by atoms with Gasteiger partial charge in [-0.1, -0.05) is 0 Å². The summed E-state index contributed by atoms with van der Waals surface area (Å²) in [6.45, 7) is 2.79. The van der Waals surface area contributed by atoms with E-state index in [0.717, 1.165) is 12.2 Å². The maximum atomic E-state index is 12.6. The molecule has 0 aliphatic carbocycles. The van der Waals surface area contributed by atoms with Gasteiger partial charge in [0, 0.05) is 52.7 Å². The summed E-state index contributed by atoms with van der Waals surface area (Å²) in [5.74, 6) is 0.630. The molecule has 0 spiro atoms. The second-order valence-corrected chi connectivity index (χ2v) is 7.26. The highest BCUT2D eigenvalue weighted by atomic mass is 16.2. The van der Waals surface area contributed by atoms with Gasteiger partial charge >= 0.3 is 6.03 Å². The SMILES string of the molecule is CN1CCN(c2cnn(C3CN(c4nc5cnccc5c(=O)n4C)C3)c2)C1=O. The van der Waals surface area contributed by atoms with Crippen molar-refractivity contribution in [2.45, 2.75) is 6.04 Å². The highest BCUT2D eigenvalue weighted by Gasteiger charge is 2.33. The molecule has 2 aliphatic heterocycles. The number of amides is 2. The monoisotopic (exact) mass is 380 g/mol. The lowest BCUT2D eigenvalue weighted by Crippen LogP contribution is -2.50. The molecule has 3 aromatic heterocycles. The molecule has 2 saturated heterocycles. The van der Waals surface area contributed by atoms with Gasteiger partial charge in [0.25, 0.3) is 5.56 Å². The van der Waals surface area contributed by atoms with Gasteiger partial charge in [0.1, 0.15) is 0 Å². The standard InChI is InChI=1S/C18H20N8O2/c1-22-5-6-25(18(22)28)12-7-20-26(11-12)13-9-24(10-13)17-21-15-8-19-4-3-14(15)16(27)23(17)2/h3-4,7-8,11,13H,5-6,9-10H2,1-2H3. The molecular formula is C18H20N8O2. The van der Waals surface area contributed by atoms with Crippen LogP contribution in [0.25, 0.3) is 10.9 Å². The van der Waals surface area contributed by atoms with Crippen molar-refractivity contribution in [1.82, 2.24) is 29.2 Å². The van der Waals surface area contributed by atoms with Crippen molar-refractivity contribution in [2.75, 3.05) is 43.0 Å². The number of nitrogens with zero attached hydrogens (tertiary/aromatic N) is 8. The first kappa shape index (κ1) is 16.7. The molecule has 0 N–H and O–H groups in total. The molecule has 5 heterocycles. The maximum Gasteiger partial charge on any atom is 0.324 e. The number of carbonyl (C=O) groups excluding carboxylic acids is 1. The number of carbonyl (C=O) groups is 1. The maximum absolute atomic E-state index is 12.6. The van der Waals surface area contributed by atoms with E-state index in [1.165, 1.54) is 0 Å². The number of hydrogen-bond acceptors (Lipinski definition) is 6. The molecule has 0 bridgehead atoms. The first-order valence-corrected chi connectivity index (χ1v) is 9.15. The van der Waals surface area contributed by atoms with E-state index < -0.39 is 0 Å². The second-order valence-electron chi connectivity index (χ2n) is 7.26. The van der Waals surface area contributed by atoms with Gasteiger partial charge in [0.15, 0.2) is 0 Å². The van der Waals surface area contributed by atoms with Crippen LogP contribution in [0.5, 0.6) is 0 Å². The van der Waals surface area contributed by atoms with E-state index in [9.17, 15) is 9.59 Å². The number of rotatable bonds is 3. The average molecular weight is 380 g/mol. The van der Waals surface area contributed by atoms with Crippen LogP contribution < -0.4 is 15.4 Å². The van der Waals surface area contributed by atoms with Crippen LogP contribution in [-0.4, -0.2) is 68.5 Å². The Labute approximate surface area is 160 Å². The lowest BCUT2D eigenvalue weighted by Gasteiger charge is -2.40. The molecule has 0 atom stereocenters. The Morgan fingerprint density at radius 3 is 2.68 bits per heavy atom. The summed E-state index contributed by atoms with van der Waals surface area (Å²) >= 11 is 0. The van der Waals surface area contributed by atoms with E-state index in [-0.39, 0.29) is 17.6 Å². The number of pyridine rings is 1. The fourth-order valence-corrected chi connectivity index (χ4v) is 3.73. The Balaban J connectivity index is 1.35. The van der Waals surface area contributed by atoms with Gasteiger partial charge in [-0.15, -0.1) is 0 Å². The van der Waals surface area contributed by atoms with Gasteiger partial charge in [-0.05, 0) is 6.07 Å². The minimum absolute atomic E-state index is 0.00115. The summed E-state index contributed by atoms with van der Waals surface area (Å²) in [7, 11) is 3.53. The molecule has 0 radical (unpaired) electrons. The van der Waals surface area contributed by atoms with Gasteiger partial charge in [-0.3, -0.25) is 23.9 Å². The Kier molecular flexibility index (Phi) is 3.61. The molecule has 0 unspecified atom stereocenters. The van der Waals surface area contributed by atoms with Crippen LogP contribution in [0.3, 0.4) is 0 Å². The first-order valence-electron chi connectivity index (χ1n) is 9.15. The molecule has 28 heavy (non-hydrogen) atoms. The zero-order valence-electron chi connectivity index (χ0n) is 15.7. The number of hydrogen-bond donors (Lipinski definition) is 0. The van der Waals surface area contributed by atoms with Gasteiger partial charge < -0.3 is 9.80 Å². The van der Waals surface area contributed by atoms with Gasteiger partial charge in [0.2, 0.25) is 5.95 Å². The number of aromatic nitrogens is 5. The van der Waals surface area contributed by atoms with E-state index in [4.69, 9.17) is 0 Å². The quantitative estimate of drug-likeness (QED) is 0.655. The fourth-order valence-electron chi connectivity index (χ4n) is 3.73. The van der Waals surface area contributed by atoms with Crippen molar-refractivity contribution in [3.05, 3.63) is 41.2 Å². The third-order valence-corrected chi connectivity index (χ3v) is 5.49. The van der Waals surface area contributed by atoms with Gasteiger partial charge in [0.05, 0.1) is 35.0 Å². The van der Waals surface area contributed by atoms with Crippen molar-refractivity contribution in [2.24, 2.45) is 7.05 Å². The molecule has 144 valence electrons. The van der Waals surface area contributed by atoms with Crippen molar-refractivity contribution in [3.8, 4) is 0 Å². The predicted octanol–water partition coefficient (Wildman–Crippen LogP) is 0.458. The van der Waals surface area contributed by atoms with Gasteiger partial charge in [-0.2, -0.15) is 5.10 Å². The van der Waals surface area contributed by atoms with Crippen LogP contribution in [-0.2, 0) is 7.05 Å². The van der Waals surface area contributed by atoms with Crippen LogP contribution in [0.2, 0.25) is 0 Å². The number of anilines is 2. The minimum Gasteiger partial charge on any atom is -0.338 e. The molecule has 0 aromatic carbocycles. The third kappa shape index (κ3) is 2.44. The first-order chi connectivity index (χ1) is 13.5. The summed E-state index contributed by atoms with van der Waals surface area (Å²) in [6, 6.07) is 1.86. The normalized spacial score (nSPS) is 17.6. The van der Waals surface area contributed by atoms with E-state index in [0.29, 0.717) is 36.5 Å². The topological polar surface area (TPSA) is 92.4 Å². The van der Waals surface area contributed by atoms with Gasteiger partial charge in [-0.25, -0.2) is 9.78 Å². The predicted molar refractivity (Wildman–Crippen MR) is 104 cm³/mol. The van der Waals surface area contributed by atoms with Crippen LogP contribution >= 0.6 is 0 Å². The van der Waals surface area contributed by atoms with E-state index in [2.05, 4.69) is 20.0 Å². The number of fused-ring (bicyclic) bond motifs is 1. The Morgan fingerprint density at radius 2 is 1.93 bits per heavy atom. The number of likely N-dealkylation sites (N-methyl/N-ethyl adjacent to an activating group) is 1.